The van der Waals surface area contributed by atoms with E-state index in [0.717, 1.165) is 11.1 Å². The first-order chi connectivity index (χ1) is 43.5. The van der Waals surface area contributed by atoms with Crippen molar-refractivity contribution in [3.05, 3.63) is 79.5 Å². The molecule has 4 N–H and O–H groups in total. The van der Waals surface area contributed by atoms with Crippen LogP contribution >= 0.6 is 39.1 Å². The maximum absolute atomic E-state index is 15.4. The van der Waals surface area contributed by atoms with Crippen molar-refractivity contribution < 1.29 is 85.2 Å². The molecule has 6 amide bonds. The average Bonchev–Trinajstić information content (AvgIpc) is 1.20. The molecule has 7 rings (SSSR count). The number of amides is 6. The number of piperidine rings is 1. The lowest BCUT2D eigenvalue weighted by molar-refractivity contribution is -0.136. The summed E-state index contributed by atoms with van der Waals surface area (Å²) in [6, 6.07) is 10.6. The maximum atomic E-state index is 15.4. The minimum atomic E-state index is -0.702. The first-order valence-electron chi connectivity index (χ1n) is 29.9. The lowest BCUT2D eigenvalue weighted by Gasteiger charge is -2.36. The number of urea groups is 1. The van der Waals surface area contributed by atoms with E-state index in [1.807, 2.05) is 31.7 Å². The van der Waals surface area contributed by atoms with Crippen molar-refractivity contribution in [1.82, 2.24) is 30.4 Å². The summed E-state index contributed by atoms with van der Waals surface area (Å²) in [5, 5.41) is 12.0. The zero-order valence-corrected chi connectivity index (χ0v) is 54.1. The average molecular weight is 1370 g/mol. The van der Waals surface area contributed by atoms with Gasteiger partial charge in [0.05, 0.1) is 142 Å². The summed E-state index contributed by atoms with van der Waals surface area (Å²) in [7, 11) is 0. The second-order valence-corrected chi connectivity index (χ2v) is 23.1. The van der Waals surface area contributed by atoms with Crippen LogP contribution in [0, 0.1) is 5.82 Å². The van der Waals surface area contributed by atoms with Gasteiger partial charge in [-0.15, -0.1) is 0 Å². The van der Waals surface area contributed by atoms with Crippen molar-refractivity contribution >= 4 is 97.3 Å². The molecular formula is C60H81BrCl2FN9O17. The van der Waals surface area contributed by atoms with E-state index in [-0.39, 0.29) is 71.4 Å². The summed E-state index contributed by atoms with van der Waals surface area (Å²) in [6.45, 7) is 16.3. The van der Waals surface area contributed by atoms with Crippen LogP contribution in [0.4, 0.5) is 31.4 Å². The van der Waals surface area contributed by atoms with E-state index in [4.69, 9.17) is 85.0 Å². The van der Waals surface area contributed by atoms with Gasteiger partial charge >= 0.3 is 12.1 Å². The number of nitrogens with one attached hydrogen (secondary N) is 4. The fraction of sp³-hybridized carbons (Fsp3) is 0.583. The molecule has 30 heteroatoms. The molecule has 3 aliphatic heterocycles. The van der Waals surface area contributed by atoms with Gasteiger partial charge in [0, 0.05) is 80.0 Å². The van der Waals surface area contributed by atoms with Gasteiger partial charge in [0.2, 0.25) is 17.8 Å². The molecule has 0 bridgehead atoms. The van der Waals surface area contributed by atoms with Crippen molar-refractivity contribution in [3.63, 3.8) is 0 Å². The first kappa shape index (κ1) is 71.6. The van der Waals surface area contributed by atoms with Crippen LogP contribution in [0.25, 0.3) is 10.9 Å². The molecule has 26 nitrogen and oxygen atoms in total. The van der Waals surface area contributed by atoms with E-state index in [0.29, 0.717) is 198 Å². The van der Waals surface area contributed by atoms with Gasteiger partial charge < -0.3 is 87.5 Å². The highest BCUT2D eigenvalue weighted by atomic mass is 79.9. The monoisotopic (exact) mass is 1370 g/mol. The smallest absolute Gasteiger partial charge is 0.410 e. The fourth-order valence-corrected chi connectivity index (χ4v) is 9.97. The number of fused-ring (bicyclic) bond motifs is 2. The van der Waals surface area contributed by atoms with Gasteiger partial charge in [-0.05, 0) is 78.5 Å². The number of hydrogen-bond donors (Lipinski definition) is 4. The van der Waals surface area contributed by atoms with Gasteiger partial charge in [-0.3, -0.25) is 19.7 Å². The third-order valence-electron chi connectivity index (χ3n) is 13.6. The van der Waals surface area contributed by atoms with E-state index in [2.05, 4.69) is 42.2 Å². The van der Waals surface area contributed by atoms with E-state index >= 15 is 4.39 Å². The van der Waals surface area contributed by atoms with Crippen molar-refractivity contribution in [2.45, 2.75) is 58.3 Å². The number of anilines is 3. The van der Waals surface area contributed by atoms with E-state index in [1.165, 1.54) is 4.90 Å². The van der Waals surface area contributed by atoms with Crippen molar-refractivity contribution in [2.75, 3.05) is 187 Å². The molecule has 0 spiro atoms. The number of hydrogen-bond acceptors (Lipinski definition) is 21. The normalized spacial score (nSPS) is 15.2. The second-order valence-electron chi connectivity index (χ2n) is 21.5. The summed E-state index contributed by atoms with van der Waals surface area (Å²) in [5.74, 6) is -0.480. The molecule has 4 heterocycles. The number of carbonyl (C=O) groups is 5. The third-order valence-corrected chi connectivity index (χ3v) is 15.1. The Bertz CT molecular complexity index is 2970. The van der Waals surface area contributed by atoms with Gasteiger partial charge in [0.15, 0.2) is 5.82 Å². The van der Waals surface area contributed by atoms with Crippen LogP contribution in [0.1, 0.15) is 55.1 Å². The highest BCUT2D eigenvalue weighted by Crippen LogP contribution is 2.36. The number of nitrogens with zero attached hydrogens (tertiary/aromatic N) is 5. The van der Waals surface area contributed by atoms with Crippen LogP contribution in [-0.2, 0) is 74.8 Å². The highest BCUT2D eigenvalue weighted by molar-refractivity contribution is 9.10. The Morgan fingerprint density at radius 3 is 1.79 bits per heavy atom. The number of carbonyl (C=O) groups excluding carboxylic acids is 5. The number of halogens is 4. The van der Waals surface area contributed by atoms with E-state index < -0.39 is 29.4 Å². The number of rotatable bonds is 40. The fourth-order valence-electron chi connectivity index (χ4n) is 9.25. The van der Waals surface area contributed by atoms with Crippen molar-refractivity contribution in [3.8, 4) is 5.75 Å². The van der Waals surface area contributed by atoms with E-state index in [1.54, 1.807) is 41.3 Å². The Kier molecular flexibility index (Phi) is 30.4. The number of aromatic nitrogens is 2. The Hall–Kier alpha value is -5.86. The molecule has 496 valence electrons. The quantitative estimate of drug-likeness (QED) is 0.0206. The van der Waals surface area contributed by atoms with Gasteiger partial charge in [-0.1, -0.05) is 35.3 Å². The molecule has 0 aliphatic carbocycles. The number of piperazine rings is 1. The van der Waals surface area contributed by atoms with E-state index in [9.17, 15) is 24.0 Å². The minimum absolute atomic E-state index is 0.113. The molecule has 0 saturated carbocycles. The summed E-state index contributed by atoms with van der Waals surface area (Å²) >= 11 is 15.9. The molecule has 90 heavy (non-hydrogen) atoms. The topological polar surface area (TPSA) is 280 Å². The molecule has 4 aromatic rings. The molecule has 1 aromatic heterocycles. The summed E-state index contributed by atoms with van der Waals surface area (Å²) < 4.78 is 82.6. The number of benzene rings is 3. The predicted octanol–water partition coefficient (Wildman–Crippen LogP) is 6.63. The SMILES string of the molecule is CC(C)(C)OC(=O)N1CCN(c2nc(NCCOCCOCCOCCOCCOCCOCCOCCOCCOCCOCCOc3cc(Cl)cc(NC(=O)NCc4ccc5c(c4)CN(C4CCC(=O)NC4=O)C5=O)c3)nc3c(F)c(Br)c(Cl)cc23)CC1. The molecule has 3 aromatic carbocycles. The first-order valence-corrected chi connectivity index (χ1v) is 31.4. The highest BCUT2D eigenvalue weighted by Gasteiger charge is 2.39. The lowest BCUT2D eigenvalue weighted by Crippen LogP contribution is -2.52. The third kappa shape index (κ3) is 24.3. The molecule has 3 aliphatic rings. The van der Waals surface area contributed by atoms with Crippen LogP contribution in [0.15, 0.2) is 46.9 Å². The summed E-state index contributed by atoms with van der Waals surface area (Å²) in [5.41, 5.74) is 1.94. The zero-order chi connectivity index (χ0) is 64.1. The van der Waals surface area contributed by atoms with Gasteiger partial charge in [0.25, 0.3) is 5.91 Å². The van der Waals surface area contributed by atoms with Gasteiger partial charge in [-0.2, -0.15) is 4.98 Å². The van der Waals surface area contributed by atoms with Gasteiger partial charge in [0.1, 0.15) is 35.3 Å². The van der Waals surface area contributed by atoms with Gasteiger partial charge in [-0.25, -0.2) is 19.0 Å². The standard InChI is InChI=1S/C60H81BrCl2FN9O17/c1-60(2,3)90-59(78)72-11-9-71(10-12-72)54-47-38-48(63)51(61)52(64)53(47)69-57(70-54)65-8-13-79-14-15-80-16-17-81-18-19-82-20-21-83-22-23-84-24-25-85-26-27-86-28-29-87-30-31-88-32-33-89-45-36-43(62)35-44(37-45)67-58(77)66-39-41-4-5-46-42(34-41)40-73(56(46)76)49-6-7-50(74)68-55(49)75/h4-5,34-38,49H,6-33,39-40H2,1-3H3,(H,65,69,70)(H2,66,67,77)(H,68,74,75). The summed E-state index contributed by atoms with van der Waals surface area (Å²) in [4.78, 5) is 76.6. The largest absolute Gasteiger partial charge is 0.491 e. The molecule has 2 saturated heterocycles. The Morgan fingerprint density at radius 1 is 0.700 bits per heavy atom. The lowest BCUT2D eigenvalue weighted by atomic mass is 10.0. The Morgan fingerprint density at radius 2 is 1.24 bits per heavy atom. The number of imide groups is 1. The molecule has 1 atom stereocenters. The molecule has 1 unspecified atom stereocenters. The van der Waals surface area contributed by atoms with Crippen molar-refractivity contribution in [1.29, 1.82) is 0 Å². The molecule has 0 radical (unpaired) electrons. The molecular weight excluding hydrogens is 1290 g/mol. The van der Waals surface area contributed by atoms with Crippen LogP contribution < -0.4 is 30.9 Å². The maximum Gasteiger partial charge on any atom is 0.410 e. The predicted molar refractivity (Wildman–Crippen MR) is 334 cm³/mol. The zero-order valence-electron chi connectivity index (χ0n) is 51.0. The van der Waals surface area contributed by atoms with Crippen LogP contribution in [0.2, 0.25) is 10.0 Å². The van der Waals surface area contributed by atoms with Crippen LogP contribution in [0.3, 0.4) is 0 Å². The van der Waals surface area contributed by atoms with Crippen LogP contribution in [-0.4, -0.2) is 233 Å². The minimum Gasteiger partial charge on any atom is -0.491 e. The summed E-state index contributed by atoms with van der Waals surface area (Å²) in [6.07, 6.45) is 0.0765. The van der Waals surface area contributed by atoms with Crippen LogP contribution in [0.5, 0.6) is 5.75 Å². The Labute approximate surface area is 541 Å². The van der Waals surface area contributed by atoms with Crippen molar-refractivity contribution in [2.24, 2.45) is 0 Å². The second kappa shape index (κ2) is 38.2. The Balaban J connectivity index is 0.586. The number of ether oxygens (including phenoxy) is 12. The molecule has 2 fully saturated rings.